The minimum Gasteiger partial charge on any atom is -0.379 e. The van der Waals surface area contributed by atoms with Gasteiger partial charge < -0.3 is 4.74 Å². The molecule has 2 aromatic rings. The van der Waals surface area contributed by atoms with Crippen LogP contribution in [0.1, 0.15) is 6.92 Å². The fourth-order valence-electron chi connectivity index (χ4n) is 3.98. The van der Waals surface area contributed by atoms with E-state index in [9.17, 15) is 0 Å². The molecule has 151 valence electrons. The van der Waals surface area contributed by atoms with Crippen molar-refractivity contribution in [2.24, 2.45) is 0 Å². The maximum atomic E-state index is 5.50. The summed E-state index contributed by atoms with van der Waals surface area (Å²) in [5.41, 5.74) is 1.47. The van der Waals surface area contributed by atoms with Crippen LogP contribution in [0, 0.1) is 30.8 Å². The number of nitrogens with zero attached hydrogens (tertiary/aromatic N) is 2. The second-order valence-electron chi connectivity index (χ2n) is 7.68. The first-order chi connectivity index (χ1) is 14.2. The van der Waals surface area contributed by atoms with Gasteiger partial charge in [-0.05, 0) is 51.8 Å². The summed E-state index contributed by atoms with van der Waals surface area (Å²) >= 11 is 0. The molecule has 1 atom stereocenters. The molecule has 4 rings (SSSR count). The molecule has 2 aromatic carbocycles. The van der Waals surface area contributed by atoms with Gasteiger partial charge in [-0.1, -0.05) is 60.7 Å². The molecule has 2 aliphatic rings. The van der Waals surface area contributed by atoms with Crippen LogP contribution in [0.25, 0.3) is 0 Å². The van der Waals surface area contributed by atoms with E-state index in [1.54, 1.807) is 0 Å². The molecule has 1 aliphatic carbocycles. The van der Waals surface area contributed by atoms with Crippen LogP contribution in [0.2, 0.25) is 0 Å². The third-order valence-corrected chi connectivity index (χ3v) is 8.25. The number of hydrogen-bond acceptors (Lipinski definition) is 3. The Labute approximate surface area is 177 Å². The van der Waals surface area contributed by atoms with Crippen LogP contribution in [0.15, 0.2) is 60.7 Å². The molecule has 1 heterocycles. The molecule has 4 heteroatoms. The van der Waals surface area contributed by atoms with Gasteiger partial charge in [0.25, 0.3) is 0 Å². The maximum absolute atomic E-state index is 5.50. The van der Waals surface area contributed by atoms with Gasteiger partial charge in [0.2, 0.25) is 0 Å². The smallest absolute Gasteiger partial charge is 0.0594 e. The second-order valence-corrected chi connectivity index (χ2v) is 9.86. The largest absolute Gasteiger partial charge is 0.379 e. The molecule has 0 N–H and O–H groups in total. The van der Waals surface area contributed by atoms with E-state index in [0.29, 0.717) is 6.04 Å². The van der Waals surface area contributed by atoms with Crippen LogP contribution in [0.4, 0.5) is 0 Å². The van der Waals surface area contributed by atoms with Crippen molar-refractivity contribution in [1.29, 1.82) is 0 Å². The zero-order chi connectivity index (χ0) is 20.1. The van der Waals surface area contributed by atoms with E-state index < -0.39 is 7.92 Å². The van der Waals surface area contributed by atoms with E-state index in [0.717, 1.165) is 33.0 Å². The zero-order valence-corrected chi connectivity index (χ0v) is 18.3. The lowest BCUT2D eigenvalue weighted by molar-refractivity contribution is 0.00979. The molecule has 5 radical (unpaired) electrons. The third kappa shape index (κ3) is 5.09. The van der Waals surface area contributed by atoms with Gasteiger partial charge in [0.1, 0.15) is 0 Å². The molecule has 2 fully saturated rings. The van der Waals surface area contributed by atoms with Crippen LogP contribution < -0.4 is 10.6 Å². The number of morpholine rings is 1. The van der Waals surface area contributed by atoms with Crippen LogP contribution in [-0.2, 0) is 4.74 Å². The Morgan fingerprint density at radius 2 is 1.52 bits per heavy atom. The Kier molecular flexibility index (Phi) is 7.37. The molecule has 1 saturated carbocycles. The van der Waals surface area contributed by atoms with Crippen molar-refractivity contribution in [2.75, 3.05) is 40.0 Å². The molecule has 1 aliphatic heterocycles. The van der Waals surface area contributed by atoms with Gasteiger partial charge in [0.05, 0.1) is 19.9 Å². The molecule has 0 bridgehead atoms. The Balaban J connectivity index is 1.54. The van der Waals surface area contributed by atoms with Gasteiger partial charge in [-0.2, -0.15) is 0 Å². The second kappa shape index (κ2) is 10.2. The van der Waals surface area contributed by atoms with Crippen LogP contribution in [0.5, 0.6) is 0 Å². The van der Waals surface area contributed by atoms with E-state index in [-0.39, 0.29) is 0 Å². The highest BCUT2D eigenvalue weighted by Gasteiger charge is 2.40. The highest BCUT2D eigenvalue weighted by atomic mass is 31.1. The lowest BCUT2D eigenvalue weighted by Gasteiger charge is -2.39. The van der Waals surface area contributed by atoms with Crippen molar-refractivity contribution in [2.45, 2.75) is 13.0 Å². The van der Waals surface area contributed by atoms with E-state index >= 15 is 0 Å². The van der Waals surface area contributed by atoms with Gasteiger partial charge in [-0.3, -0.25) is 9.80 Å². The summed E-state index contributed by atoms with van der Waals surface area (Å²) in [6, 6.07) is 22.3. The van der Waals surface area contributed by atoms with E-state index in [4.69, 9.17) is 4.74 Å². The average molecular weight is 406 g/mol. The molecule has 0 amide bonds. The Bertz CT molecular complexity index is 696. The monoisotopic (exact) mass is 405 g/mol. The number of rotatable bonds is 7. The number of benzene rings is 2. The van der Waals surface area contributed by atoms with Crippen molar-refractivity contribution in [1.82, 2.24) is 9.80 Å². The van der Waals surface area contributed by atoms with Crippen LogP contribution >= 0.6 is 7.92 Å². The maximum Gasteiger partial charge on any atom is 0.0594 e. The fraction of sp³-hybridized carbons (Fsp3) is 0.320. The number of hydrogen-bond donors (Lipinski definition) is 0. The van der Waals surface area contributed by atoms with Crippen molar-refractivity contribution in [3.8, 4) is 0 Å². The summed E-state index contributed by atoms with van der Waals surface area (Å²) in [4.78, 5) is 4.95. The predicted molar refractivity (Wildman–Crippen MR) is 123 cm³/mol. The van der Waals surface area contributed by atoms with E-state index in [2.05, 4.69) is 104 Å². The van der Waals surface area contributed by atoms with E-state index in [1.807, 2.05) is 0 Å². The topological polar surface area (TPSA) is 15.7 Å². The summed E-state index contributed by atoms with van der Waals surface area (Å²) in [6.45, 7) is 7.04. The molecule has 0 unspecified atom stereocenters. The highest BCUT2D eigenvalue weighted by molar-refractivity contribution is 7.76. The normalized spacial score (nSPS) is 20.6. The summed E-state index contributed by atoms with van der Waals surface area (Å²) in [5, 5.41) is 2.81. The van der Waals surface area contributed by atoms with Crippen molar-refractivity contribution < 1.29 is 4.74 Å². The third-order valence-electron chi connectivity index (χ3n) is 5.73. The summed E-state index contributed by atoms with van der Waals surface area (Å²) in [7, 11) is 1.67. The lowest BCUT2D eigenvalue weighted by Crippen LogP contribution is -2.47. The fourth-order valence-corrected chi connectivity index (χ4v) is 6.53. The lowest BCUT2D eigenvalue weighted by atomic mass is 9.98. The van der Waals surface area contributed by atoms with Gasteiger partial charge >= 0.3 is 0 Å². The van der Waals surface area contributed by atoms with Crippen molar-refractivity contribution in [3.05, 3.63) is 91.5 Å². The molecule has 0 spiro atoms. The zero-order valence-electron chi connectivity index (χ0n) is 17.4. The predicted octanol–water partition coefficient (Wildman–Crippen LogP) is 3.46. The Hall–Kier alpha value is -1.25. The quantitative estimate of drug-likeness (QED) is 0.656. The molecular formula is C25H30N2OP. The first-order valence-corrected chi connectivity index (χ1v) is 11.7. The van der Waals surface area contributed by atoms with Crippen molar-refractivity contribution in [3.63, 3.8) is 0 Å². The van der Waals surface area contributed by atoms with Gasteiger partial charge in [-0.25, -0.2) is 0 Å². The highest BCUT2D eigenvalue weighted by Crippen LogP contribution is 2.57. The summed E-state index contributed by atoms with van der Waals surface area (Å²) < 4.78 is 5.50. The minimum absolute atomic E-state index is 0.361. The summed E-state index contributed by atoms with van der Waals surface area (Å²) in [5.74, 6) is 1.44. The average Bonchev–Trinajstić information content (AvgIpc) is 3.25. The molecule has 0 aromatic heterocycles. The molecule has 29 heavy (non-hydrogen) atoms. The number of ether oxygens (including phenoxy) is 1. The Morgan fingerprint density at radius 3 is 2.10 bits per heavy atom. The van der Waals surface area contributed by atoms with E-state index in [1.165, 1.54) is 22.2 Å². The standard InChI is InChI=1S/C25H30N2OP/c1-21(26(2)20-27-16-18-28-19-17-27)24-14-9-15-25(24)29(22-10-5-3-6-11-22)23-12-7-4-8-13-23/h3-15,21H,16-20H2,1-2H3/t21-/m1/s1. The van der Waals surface area contributed by atoms with Gasteiger partial charge in [-0.15, -0.1) is 0 Å². The van der Waals surface area contributed by atoms with Crippen molar-refractivity contribution >= 4 is 18.5 Å². The van der Waals surface area contributed by atoms with Gasteiger partial charge in [0.15, 0.2) is 0 Å². The molecular weight excluding hydrogens is 375 g/mol. The van der Waals surface area contributed by atoms with Crippen LogP contribution in [0.3, 0.4) is 0 Å². The first kappa shape index (κ1) is 21.0. The molecule has 3 nitrogen and oxygen atoms in total. The summed E-state index contributed by atoms with van der Waals surface area (Å²) in [6.07, 6.45) is 6.88. The SMILES string of the molecule is C[C@H]([C]1[CH][CH][CH][C]1P(c1ccccc1)c1ccccc1)N(C)CN1CCOCC1. The van der Waals surface area contributed by atoms with Crippen LogP contribution in [-0.4, -0.2) is 55.9 Å². The first-order valence-electron chi connectivity index (χ1n) is 10.4. The van der Waals surface area contributed by atoms with Gasteiger partial charge in [0, 0.05) is 30.7 Å². The minimum atomic E-state index is -0.567. The Morgan fingerprint density at radius 1 is 0.931 bits per heavy atom. The molecule has 1 saturated heterocycles.